The fourth-order valence-corrected chi connectivity index (χ4v) is 13.5. The highest BCUT2D eigenvalue weighted by molar-refractivity contribution is 5.74. The maximum Gasteiger partial charge on any atom is 0.0261 e. The van der Waals surface area contributed by atoms with Crippen molar-refractivity contribution in [3.63, 3.8) is 0 Å². The molecular formula is C134H120. The van der Waals surface area contributed by atoms with E-state index < -0.39 is 0 Å². The van der Waals surface area contributed by atoms with Crippen molar-refractivity contribution in [1.82, 2.24) is 0 Å². The summed E-state index contributed by atoms with van der Waals surface area (Å²) in [6.45, 7) is 33.6. The molecule has 18 rings (SSSR count). The lowest BCUT2D eigenvalue weighted by Gasteiger charge is -2.07. The zero-order valence-corrected chi connectivity index (χ0v) is 80.6. The van der Waals surface area contributed by atoms with E-state index in [4.69, 9.17) is 0 Å². The maximum atomic E-state index is 3.21. The van der Waals surface area contributed by atoms with Crippen molar-refractivity contribution in [2.24, 2.45) is 0 Å². The van der Waals surface area contributed by atoms with Gasteiger partial charge in [0.25, 0.3) is 0 Å². The lowest BCUT2D eigenvalue weighted by Crippen LogP contribution is -1.82. The minimum absolute atomic E-state index is 0.978. The molecule has 0 heteroatoms. The van der Waals surface area contributed by atoms with Crippen molar-refractivity contribution in [2.75, 3.05) is 0 Å². The number of aryl methyl sites for hydroxylation is 16. The second-order valence-electron chi connectivity index (χ2n) is 34.3. The van der Waals surface area contributed by atoms with Gasteiger partial charge in [-0.15, -0.1) is 0 Å². The van der Waals surface area contributed by atoms with Crippen molar-refractivity contribution < 1.29 is 0 Å². The SMILES string of the molecule is Cc1ccc(-c2ccc(-c3ccc(C)cc3)cc2)cc1.Cc1ccc(-c2ccc(C)cc2)cc1.Cc1ccc(-c2cccc(-c3ccc(C)cc3)c2)cc1.Cc1ccc(C#Cc2ccc(C#Cc3ccc(C)cc3)cc2)cc1.Cc1ccc(C#Cc2ccc(C)cc2)cc1.Cc1ccc(C#Cc2cccc(C#Cc3ccc(C)cc3)c2)cc1.Cc1ccc(C)cc1.Cc1cccc(C)c1. The molecule has 0 saturated carbocycles. The standard InChI is InChI=1S/2C24H18.2C20H18.C16H14.C14H14.2C8H10/c1-19-3-7-21(8-4-19)11-13-23-15-17-24(18-16-23)14-12-22-9-5-20(2)6-10-22;1-19-6-10-21(11-7-19)14-16-23-4-3-5-24(18-23)17-15-22-12-8-20(2)9-13-22;1-15-3-7-17(8-4-15)19-11-13-20(14-12-19)18-9-5-16(2)6-10-18;1-15-6-10-17(11-7-15)19-4-3-5-20(14-19)18-12-8-16(2)9-13-18;1-13-3-7-15(8-4-13)11-12-16-9-5-14(2)6-10-16;1-11-3-7-13(8-4-11)14-9-5-12(2)6-10-14;1-7-3-5-8(2)6-4-7;1-7-4-3-5-8(2)6-7/h3-10,15-18H,1-2H3;3-13,18H,1-2H3;2*3-14H,1-2H3;3-10H,1-2H3;3-10H,1-2H3;2*3-6H,1-2H3. The van der Waals surface area contributed by atoms with Gasteiger partial charge in [0.2, 0.25) is 0 Å². The molecule has 0 spiro atoms. The number of rotatable bonds is 5. The summed E-state index contributed by atoms with van der Waals surface area (Å²) in [4.78, 5) is 0. The molecule has 0 aliphatic heterocycles. The minimum Gasteiger partial charge on any atom is -0.0617 e. The first kappa shape index (κ1) is 98.4. The number of hydrogen-bond acceptors (Lipinski definition) is 0. The summed E-state index contributed by atoms with van der Waals surface area (Å²) in [5, 5.41) is 0. The molecule has 134 heavy (non-hydrogen) atoms. The van der Waals surface area contributed by atoms with Gasteiger partial charge in [0, 0.05) is 55.6 Å². The zero-order valence-electron chi connectivity index (χ0n) is 80.6. The highest BCUT2D eigenvalue weighted by atomic mass is 14.1. The van der Waals surface area contributed by atoms with Crippen molar-refractivity contribution in [2.45, 2.75) is 111 Å². The molecule has 0 N–H and O–H groups in total. The van der Waals surface area contributed by atoms with Gasteiger partial charge < -0.3 is 0 Å². The van der Waals surface area contributed by atoms with E-state index in [2.05, 4.69) is 510 Å². The molecule has 0 radical (unpaired) electrons. The molecule has 0 atom stereocenters. The number of hydrogen-bond donors (Lipinski definition) is 0. The molecule has 0 amide bonds. The van der Waals surface area contributed by atoms with Crippen LogP contribution < -0.4 is 0 Å². The second kappa shape index (κ2) is 51.8. The van der Waals surface area contributed by atoms with Crippen LogP contribution >= 0.6 is 0 Å². The molecular weight excluding hydrogens is 1610 g/mol. The van der Waals surface area contributed by atoms with Crippen LogP contribution in [0.15, 0.2) is 437 Å². The average molecular weight is 1730 g/mol. The van der Waals surface area contributed by atoms with E-state index in [-0.39, 0.29) is 0 Å². The Bertz CT molecular complexity index is 6620. The molecule has 0 fully saturated rings. The molecule has 0 saturated heterocycles. The first-order chi connectivity index (χ1) is 64.9. The molecule has 18 aromatic carbocycles. The van der Waals surface area contributed by atoms with E-state index in [0.717, 1.165) is 55.6 Å². The quantitative estimate of drug-likeness (QED) is 0.151. The molecule has 0 bridgehead atoms. The lowest BCUT2D eigenvalue weighted by molar-refractivity contribution is 1.39. The van der Waals surface area contributed by atoms with Crippen LogP contribution in [0, 0.1) is 170 Å². The third kappa shape index (κ3) is 35.0. The maximum absolute atomic E-state index is 3.21. The summed E-state index contributed by atoms with van der Waals surface area (Å²) in [6.07, 6.45) is 0. The van der Waals surface area contributed by atoms with E-state index in [1.807, 2.05) is 97.1 Å². The Morgan fingerprint density at radius 1 is 0.0896 bits per heavy atom. The van der Waals surface area contributed by atoms with Gasteiger partial charge in [0.15, 0.2) is 0 Å². The predicted molar refractivity (Wildman–Crippen MR) is 577 cm³/mol. The van der Waals surface area contributed by atoms with E-state index in [1.54, 1.807) is 0 Å². The van der Waals surface area contributed by atoms with Crippen LogP contribution in [0.2, 0.25) is 0 Å². The van der Waals surface area contributed by atoms with Crippen LogP contribution in [0.1, 0.15) is 145 Å². The van der Waals surface area contributed by atoms with Gasteiger partial charge in [-0.1, -0.05) is 464 Å². The Hall–Kier alpha value is -16.2. The van der Waals surface area contributed by atoms with Gasteiger partial charge in [-0.25, -0.2) is 0 Å². The fraction of sp³-hybridized carbons (Fsp3) is 0.119. The topological polar surface area (TPSA) is 0 Å². The Morgan fingerprint density at radius 2 is 0.216 bits per heavy atom. The van der Waals surface area contributed by atoms with Crippen LogP contribution in [-0.2, 0) is 0 Å². The highest BCUT2D eigenvalue weighted by Gasteiger charge is 2.06. The van der Waals surface area contributed by atoms with Crippen LogP contribution in [0.3, 0.4) is 0 Å². The highest BCUT2D eigenvalue weighted by Crippen LogP contribution is 2.29. The van der Waals surface area contributed by atoms with E-state index in [0.29, 0.717) is 0 Å². The van der Waals surface area contributed by atoms with Gasteiger partial charge in [-0.05, 0) is 288 Å². The summed E-state index contributed by atoms with van der Waals surface area (Å²) >= 11 is 0. The summed E-state index contributed by atoms with van der Waals surface area (Å²) in [7, 11) is 0. The van der Waals surface area contributed by atoms with Gasteiger partial charge in [-0.3, -0.25) is 0 Å². The van der Waals surface area contributed by atoms with Crippen LogP contribution in [0.25, 0.3) is 55.6 Å². The van der Waals surface area contributed by atoms with Crippen molar-refractivity contribution in [3.05, 3.63) is 581 Å². The molecule has 0 heterocycles. The normalized spacial score (nSPS) is 9.79. The molecule has 0 unspecified atom stereocenters. The first-order valence-electron chi connectivity index (χ1n) is 45.8. The van der Waals surface area contributed by atoms with E-state index >= 15 is 0 Å². The predicted octanol–water partition coefficient (Wildman–Crippen LogP) is 33.8. The monoisotopic (exact) mass is 1730 g/mol. The van der Waals surface area contributed by atoms with E-state index in [1.165, 1.54) is 145 Å². The van der Waals surface area contributed by atoms with Crippen molar-refractivity contribution in [3.8, 4) is 115 Å². The Kier molecular flexibility index (Phi) is 38.0. The summed E-state index contributed by atoms with van der Waals surface area (Å²) in [5.41, 5.74) is 43.5. The second-order valence-corrected chi connectivity index (χ2v) is 34.3. The summed E-state index contributed by atoms with van der Waals surface area (Å²) in [5.74, 6) is 31.9. The third-order valence-corrected chi connectivity index (χ3v) is 21.9. The van der Waals surface area contributed by atoms with Crippen LogP contribution in [0.5, 0.6) is 0 Å². The Balaban J connectivity index is 0.000000151. The zero-order chi connectivity index (χ0) is 94.8. The smallest absolute Gasteiger partial charge is 0.0261 e. The van der Waals surface area contributed by atoms with E-state index in [9.17, 15) is 0 Å². The van der Waals surface area contributed by atoms with Gasteiger partial charge in [-0.2, -0.15) is 0 Å². The molecule has 0 aromatic heterocycles. The lowest BCUT2D eigenvalue weighted by atomic mass is 9.98. The summed E-state index contributed by atoms with van der Waals surface area (Å²) < 4.78 is 0. The van der Waals surface area contributed by atoms with Crippen LogP contribution in [0.4, 0.5) is 0 Å². The fourth-order valence-electron chi connectivity index (χ4n) is 13.5. The van der Waals surface area contributed by atoms with Crippen molar-refractivity contribution in [1.29, 1.82) is 0 Å². The van der Waals surface area contributed by atoms with Gasteiger partial charge in [0.1, 0.15) is 0 Å². The third-order valence-electron chi connectivity index (χ3n) is 21.9. The Labute approximate surface area is 801 Å². The average Bonchev–Trinajstić information content (AvgIpc) is 0.858. The van der Waals surface area contributed by atoms with Crippen LogP contribution in [-0.4, -0.2) is 0 Å². The minimum atomic E-state index is 0.978. The number of benzene rings is 18. The summed E-state index contributed by atoms with van der Waals surface area (Å²) in [6, 6.07) is 152. The Morgan fingerprint density at radius 3 is 0.388 bits per heavy atom. The molecule has 0 aliphatic rings. The molecule has 18 aromatic rings. The van der Waals surface area contributed by atoms with Gasteiger partial charge >= 0.3 is 0 Å². The van der Waals surface area contributed by atoms with Crippen molar-refractivity contribution >= 4 is 0 Å². The molecule has 0 aliphatic carbocycles. The van der Waals surface area contributed by atoms with Gasteiger partial charge in [0.05, 0.1) is 0 Å². The molecule has 0 nitrogen and oxygen atoms in total. The first-order valence-corrected chi connectivity index (χ1v) is 45.8. The molecule has 656 valence electrons. The largest absolute Gasteiger partial charge is 0.0617 e.